The summed E-state index contributed by atoms with van der Waals surface area (Å²) in [6.07, 6.45) is -4.69. The highest BCUT2D eigenvalue weighted by Gasteiger charge is 2.41. The van der Waals surface area contributed by atoms with E-state index in [2.05, 4.69) is 4.74 Å². The summed E-state index contributed by atoms with van der Waals surface area (Å²) in [5.74, 6) is -3.60. The number of aliphatic hydroxyl groups is 1. The summed E-state index contributed by atoms with van der Waals surface area (Å²) < 4.78 is 58.3. The van der Waals surface area contributed by atoms with Crippen LogP contribution in [-0.2, 0) is 11.2 Å². The Bertz CT molecular complexity index is 412. The normalized spacial score (nSPS) is 13.6. The maximum absolute atomic E-state index is 12.5. The SMILES string of the molecule is COc1cccc(CC(O)COCC(F)(F)C(F)F)c1. The van der Waals surface area contributed by atoms with Gasteiger partial charge in [0.25, 0.3) is 0 Å². The Labute approximate surface area is 114 Å². The highest BCUT2D eigenvalue weighted by Crippen LogP contribution is 2.23. The van der Waals surface area contributed by atoms with Crippen molar-refractivity contribution in [1.82, 2.24) is 0 Å². The lowest BCUT2D eigenvalue weighted by atomic mass is 10.1. The van der Waals surface area contributed by atoms with Crippen LogP contribution in [0.15, 0.2) is 24.3 Å². The van der Waals surface area contributed by atoms with Gasteiger partial charge in [-0.1, -0.05) is 12.1 Å². The molecule has 0 aromatic heterocycles. The second-order valence-electron chi connectivity index (χ2n) is 4.29. The summed E-state index contributed by atoms with van der Waals surface area (Å²) in [6.45, 7) is -1.86. The van der Waals surface area contributed by atoms with Gasteiger partial charge in [0.2, 0.25) is 0 Å². The quantitative estimate of drug-likeness (QED) is 0.749. The number of methoxy groups -OCH3 is 1. The zero-order valence-electron chi connectivity index (χ0n) is 10.9. The number of alkyl halides is 4. The molecule has 3 nitrogen and oxygen atoms in total. The molecule has 1 aromatic carbocycles. The first-order valence-corrected chi connectivity index (χ1v) is 5.90. The van der Waals surface area contributed by atoms with Crippen molar-refractivity contribution < 1.29 is 32.1 Å². The molecule has 0 saturated heterocycles. The predicted molar refractivity (Wildman–Crippen MR) is 64.5 cm³/mol. The largest absolute Gasteiger partial charge is 0.497 e. The van der Waals surface area contributed by atoms with Crippen molar-refractivity contribution in [3.8, 4) is 5.75 Å². The van der Waals surface area contributed by atoms with E-state index in [0.717, 1.165) is 5.56 Å². The van der Waals surface area contributed by atoms with Crippen molar-refractivity contribution in [2.24, 2.45) is 0 Å². The molecule has 1 aromatic rings. The third kappa shape index (κ3) is 5.34. The first-order chi connectivity index (χ1) is 9.35. The molecular formula is C13H16F4O3. The molecule has 114 valence electrons. The molecule has 0 aliphatic heterocycles. The number of hydrogen-bond acceptors (Lipinski definition) is 3. The van der Waals surface area contributed by atoms with Crippen LogP contribution in [0.25, 0.3) is 0 Å². The van der Waals surface area contributed by atoms with Crippen molar-refractivity contribution in [2.75, 3.05) is 20.3 Å². The van der Waals surface area contributed by atoms with E-state index >= 15 is 0 Å². The molecule has 20 heavy (non-hydrogen) atoms. The van der Waals surface area contributed by atoms with Gasteiger partial charge in [-0.3, -0.25) is 0 Å². The highest BCUT2D eigenvalue weighted by atomic mass is 19.3. The molecule has 0 heterocycles. The van der Waals surface area contributed by atoms with Crippen molar-refractivity contribution in [3.63, 3.8) is 0 Å². The number of rotatable bonds is 8. The summed E-state index contributed by atoms with van der Waals surface area (Å²) in [4.78, 5) is 0. The highest BCUT2D eigenvalue weighted by molar-refractivity contribution is 5.28. The topological polar surface area (TPSA) is 38.7 Å². The average Bonchev–Trinajstić information content (AvgIpc) is 2.38. The zero-order chi connectivity index (χ0) is 15.2. The fourth-order valence-electron chi connectivity index (χ4n) is 1.52. The molecule has 1 atom stereocenters. The van der Waals surface area contributed by atoms with Crippen molar-refractivity contribution in [2.45, 2.75) is 24.9 Å². The number of halogens is 4. The van der Waals surface area contributed by atoms with Gasteiger partial charge in [-0.2, -0.15) is 8.78 Å². The van der Waals surface area contributed by atoms with Crippen LogP contribution >= 0.6 is 0 Å². The molecule has 0 spiro atoms. The van der Waals surface area contributed by atoms with Gasteiger partial charge in [0, 0.05) is 6.42 Å². The lowest BCUT2D eigenvalue weighted by Gasteiger charge is -2.17. The maximum Gasteiger partial charge on any atom is 0.330 e. The van der Waals surface area contributed by atoms with E-state index in [0.29, 0.717) is 5.75 Å². The van der Waals surface area contributed by atoms with Crippen LogP contribution in [0.3, 0.4) is 0 Å². The van der Waals surface area contributed by atoms with E-state index in [4.69, 9.17) is 4.74 Å². The van der Waals surface area contributed by atoms with Crippen LogP contribution in [0.1, 0.15) is 5.56 Å². The molecule has 0 radical (unpaired) electrons. The van der Waals surface area contributed by atoms with Crippen LogP contribution in [0.2, 0.25) is 0 Å². The first-order valence-electron chi connectivity index (χ1n) is 5.90. The van der Waals surface area contributed by atoms with Crippen LogP contribution in [0.5, 0.6) is 5.75 Å². The minimum Gasteiger partial charge on any atom is -0.497 e. The lowest BCUT2D eigenvalue weighted by Crippen LogP contribution is -2.34. The summed E-state index contributed by atoms with van der Waals surface area (Å²) in [7, 11) is 1.49. The van der Waals surface area contributed by atoms with Gasteiger partial charge in [-0.05, 0) is 17.7 Å². The van der Waals surface area contributed by atoms with Gasteiger partial charge in [0.05, 0.1) is 19.8 Å². The van der Waals surface area contributed by atoms with Gasteiger partial charge >= 0.3 is 12.3 Å². The molecule has 0 aliphatic carbocycles. The Morgan fingerprint density at radius 3 is 2.60 bits per heavy atom. The van der Waals surface area contributed by atoms with Gasteiger partial charge in [0.15, 0.2) is 0 Å². The van der Waals surface area contributed by atoms with Crippen molar-refractivity contribution >= 4 is 0 Å². The molecule has 1 unspecified atom stereocenters. The summed E-state index contributed by atoms with van der Waals surface area (Å²) in [5.41, 5.74) is 0.723. The first kappa shape index (κ1) is 16.7. The van der Waals surface area contributed by atoms with Crippen molar-refractivity contribution in [3.05, 3.63) is 29.8 Å². The summed E-state index contributed by atoms with van der Waals surface area (Å²) >= 11 is 0. The molecular weight excluding hydrogens is 280 g/mol. The number of aliphatic hydroxyl groups excluding tert-OH is 1. The van der Waals surface area contributed by atoms with E-state index in [1.807, 2.05) is 0 Å². The Hall–Kier alpha value is -1.34. The molecule has 0 amide bonds. The van der Waals surface area contributed by atoms with Crippen molar-refractivity contribution in [1.29, 1.82) is 0 Å². The fourth-order valence-corrected chi connectivity index (χ4v) is 1.52. The standard InChI is InChI=1S/C13H16F4O3/c1-19-11-4-2-3-9(6-11)5-10(18)7-20-8-13(16,17)12(14)15/h2-4,6,10,12,18H,5,7-8H2,1H3. The summed E-state index contributed by atoms with van der Waals surface area (Å²) in [6, 6.07) is 6.83. The molecule has 0 bridgehead atoms. The van der Waals surface area contributed by atoms with Gasteiger partial charge in [-0.15, -0.1) is 0 Å². The van der Waals surface area contributed by atoms with Gasteiger partial charge < -0.3 is 14.6 Å². The van der Waals surface area contributed by atoms with Crippen LogP contribution in [-0.4, -0.2) is 43.9 Å². The second kappa shape index (κ2) is 7.44. The van der Waals surface area contributed by atoms with E-state index < -0.39 is 31.7 Å². The zero-order valence-corrected chi connectivity index (χ0v) is 10.9. The number of benzene rings is 1. The molecule has 0 saturated carbocycles. The number of hydrogen-bond donors (Lipinski definition) is 1. The molecule has 7 heteroatoms. The van der Waals surface area contributed by atoms with E-state index in [1.165, 1.54) is 7.11 Å². The van der Waals surface area contributed by atoms with E-state index in [1.54, 1.807) is 24.3 Å². The molecule has 1 rings (SSSR count). The van der Waals surface area contributed by atoms with Gasteiger partial charge in [-0.25, -0.2) is 8.78 Å². The molecule has 0 fully saturated rings. The van der Waals surface area contributed by atoms with Gasteiger partial charge in [0.1, 0.15) is 12.4 Å². The fraction of sp³-hybridized carbons (Fsp3) is 0.538. The average molecular weight is 296 g/mol. The Kier molecular flexibility index (Phi) is 6.22. The third-order valence-electron chi connectivity index (χ3n) is 2.53. The second-order valence-corrected chi connectivity index (χ2v) is 4.29. The minimum atomic E-state index is -4.20. The third-order valence-corrected chi connectivity index (χ3v) is 2.53. The minimum absolute atomic E-state index is 0.150. The van der Waals surface area contributed by atoms with E-state index in [-0.39, 0.29) is 6.42 Å². The summed E-state index contributed by atoms with van der Waals surface area (Å²) in [5, 5.41) is 9.60. The Morgan fingerprint density at radius 2 is 2.00 bits per heavy atom. The molecule has 0 aliphatic rings. The molecule has 1 N–H and O–H groups in total. The Balaban J connectivity index is 2.38. The predicted octanol–water partition coefficient (Wildman–Crippen LogP) is 2.52. The van der Waals surface area contributed by atoms with Crippen LogP contribution < -0.4 is 4.74 Å². The Morgan fingerprint density at radius 1 is 1.30 bits per heavy atom. The van der Waals surface area contributed by atoms with Crippen LogP contribution in [0, 0.1) is 0 Å². The lowest BCUT2D eigenvalue weighted by molar-refractivity contribution is -0.170. The van der Waals surface area contributed by atoms with E-state index in [9.17, 15) is 22.7 Å². The van der Waals surface area contributed by atoms with Crippen LogP contribution in [0.4, 0.5) is 17.6 Å². The maximum atomic E-state index is 12.5. The monoisotopic (exact) mass is 296 g/mol. The number of ether oxygens (including phenoxy) is 2. The smallest absolute Gasteiger partial charge is 0.330 e.